The van der Waals surface area contributed by atoms with Gasteiger partial charge in [0, 0.05) is 17.5 Å². The highest BCUT2D eigenvalue weighted by Gasteiger charge is 2.30. The molecule has 9 heteroatoms. The van der Waals surface area contributed by atoms with Crippen molar-refractivity contribution in [3.63, 3.8) is 0 Å². The van der Waals surface area contributed by atoms with Crippen LogP contribution < -0.4 is 14.8 Å². The predicted octanol–water partition coefficient (Wildman–Crippen LogP) is 4.86. The summed E-state index contributed by atoms with van der Waals surface area (Å²) in [5.41, 5.74) is 1.87. The third kappa shape index (κ3) is 6.49. The van der Waals surface area contributed by atoms with Gasteiger partial charge in [-0.25, -0.2) is 4.98 Å². The van der Waals surface area contributed by atoms with E-state index in [0.29, 0.717) is 23.5 Å². The van der Waals surface area contributed by atoms with Gasteiger partial charge in [0.15, 0.2) is 0 Å². The molecule has 3 aromatic rings. The van der Waals surface area contributed by atoms with E-state index in [9.17, 15) is 18.0 Å². The Morgan fingerprint density at radius 3 is 2.55 bits per heavy atom. The van der Waals surface area contributed by atoms with Crippen molar-refractivity contribution in [3.05, 3.63) is 75.7 Å². The molecule has 0 spiro atoms. The minimum Gasteiger partial charge on any atom is -0.487 e. The van der Waals surface area contributed by atoms with Gasteiger partial charge in [-0.05, 0) is 42.8 Å². The van der Waals surface area contributed by atoms with E-state index in [2.05, 4.69) is 15.0 Å². The van der Waals surface area contributed by atoms with Crippen molar-refractivity contribution in [2.24, 2.45) is 0 Å². The molecular formula is C20H17F3N2O3S. The third-order valence-electron chi connectivity index (χ3n) is 3.76. The molecule has 0 aliphatic rings. The lowest BCUT2D eigenvalue weighted by Crippen LogP contribution is -2.22. The first kappa shape index (κ1) is 20.7. The van der Waals surface area contributed by atoms with Crippen molar-refractivity contribution in [2.45, 2.75) is 26.4 Å². The first-order chi connectivity index (χ1) is 13.8. The summed E-state index contributed by atoms with van der Waals surface area (Å²) in [7, 11) is 0. The number of carbonyl (C=O) groups excluding carboxylic acids is 1. The summed E-state index contributed by atoms with van der Waals surface area (Å²) in [6.07, 6.45) is -4.73. The van der Waals surface area contributed by atoms with Crippen LogP contribution in [0.2, 0.25) is 0 Å². The van der Waals surface area contributed by atoms with Crippen molar-refractivity contribution in [1.82, 2.24) is 10.3 Å². The van der Waals surface area contributed by atoms with Gasteiger partial charge in [0.1, 0.15) is 18.1 Å². The Bertz CT molecular complexity index is 972. The van der Waals surface area contributed by atoms with Gasteiger partial charge < -0.3 is 14.8 Å². The molecule has 0 unspecified atom stereocenters. The van der Waals surface area contributed by atoms with Gasteiger partial charge in [0.25, 0.3) is 5.91 Å². The highest BCUT2D eigenvalue weighted by atomic mass is 32.1. The van der Waals surface area contributed by atoms with E-state index >= 15 is 0 Å². The number of halogens is 3. The largest absolute Gasteiger partial charge is 0.573 e. The molecule has 0 radical (unpaired) electrons. The van der Waals surface area contributed by atoms with Gasteiger partial charge in [-0.2, -0.15) is 0 Å². The highest BCUT2D eigenvalue weighted by Crippen LogP contribution is 2.23. The van der Waals surface area contributed by atoms with Crippen LogP contribution in [0, 0.1) is 6.92 Å². The minimum absolute atomic E-state index is 0.161. The zero-order valence-corrected chi connectivity index (χ0v) is 16.1. The molecule has 29 heavy (non-hydrogen) atoms. The molecule has 0 fully saturated rings. The molecule has 0 atom stereocenters. The summed E-state index contributed by atoms with van der Waals surface area (Å²) in [6, 6.07) is 12.0. The van der Waals surface area contributed by atoms with Gasteiger partial charge in [-0.3, -0.25) is 4.79 Å². The molecule has 5 nitrogen and oxygen atoms in total. The number of rotatable bonds is 7. The van der Waals surface area contributed by atoms with E-state index in [1.807, 2.05) is 12.3 Å². The molecule has 1 amide bonds. The van der Waals surface area contributed by atoms with E-state index in [0.717, 1.165) is 10.7 Å². The number of carbonyl (C=O) groups is 1. The molecular weight excluding hydrogens is 405 g/mol. The van der Waals surface area contributed by atoms with Crippen molar-refractivity contribution < 1.29 is 27.4 Å². The lowest BCUT2D eigenvalue weighted by Gasteiger charge is -2.10. The Balaban J connectivity index is 1.54. The first-order valence-electron chi connectivity index (χ1n) is 8.55. The maximum Gasteiger partial charge on any atom is 0.573 e. The molecule has 2 aromatic carbocycles. The number of amides is 1. The Labute approximate surface area is 169 Å². The Kier molecular flexibility index (Phi) is 6.38. The summed E-state index contributed by atoms with van der Waals surface area (Å²) in [4.78, 5) is 16.7. The van der Waals surface area contributed by atoms with Crippen LogP contribution in [0.3, 0.4) is 0 Å². The van der Waals surface area contributed by atoms with Gasteiger partial charge in [-0.15, -0.1) is 24.5 Å². The van der Waals surface area contributed by atoms with Crippen LogP contribution in [0.4, 0.5) is 13.2 Å². The SMILES string of the molecule is Cc1nc(COc2cccc(C(=O)NCc3ccc(OC(F)(F)F)cc3)c2)cs1. The Hall–Kier alpha value is -3.07. The van der Waals surface area contributed by atoms with Crippen LogP contribution in [0.15, 0.2) is 53.9 Å². The normalized spacial score (nSPS) is 11.2. The van der Waals surface area contributed by atoms with Gasteiger partial charge in [0.2, 0.25) is 0 Å². The zero-order chi connectivity index (χ0) is 20.9. The number of alkyl halides is 3. The lowest BCUT2D eigenvalue weighted by molar-refractivity contribution is -0.274. The number of nitrogens with one attached hydrogen (secondary N) is 1. The molecule has 0 aliphatic heterocycles. The quantitative estimate of drug-likeness (QED) is 0.591. The second-order valence-corrected chi connectivity index (χ2v) is 7.11. The Morgan fingerprint density at radius 1 is 1.14 bits per heavy atom. The molecule has 1 N–H and O–H groups in total. The van der Waals surface area contributed by atoms with E-state index in [-0.39, 0.29) is 18.2 Å². The minimum atomic E-state index is -4.73. The predicted molar refractivity (Wildman–Crippen MR) is 102 cm³/mol. The summed E-state index contributed by atoms with van der Waals surface area (Å²) in [5, 5.41) is 5.59. The molecule has 1 aromatic heterocycles. The maximum absolute atomic E-state index is 12.4. The van der Waals surface area contributed by atoms with E-state index in [1.54, 1.807) is 24.3 Å². The molecule has 0 saturated carbocycles. The number of aryl methyl sites for hydroxylation is 1. The smallest absolute Gasteiger partial charge is 0.487 e. The van der Waals surface area contributed by atoms with Crippen LogP contribution in [0.1, 0.15) is 26.6 Å². The zero-order valence-electron chi connectivity index (χ0n) is 15.3. The maximum atomic E-state index is 12.4. The van der Waals surface area contributed by atoms with E-state index in [1.165, 1.54) is 35.6 Å². The fraction of sp³-hybridized carbons (Fsp3) is 0.200. The van der Waals surface area contributed by atoms with Crippen molar-refractivity contribution >= 4 is 17.2 Å². The third-order valence-corrected chi connectivity index (χ3v) is 4.58. The van der Waals surface area contributed by atoms with Crippen LogP contribution in [0.5, 0.6) is 11.5 Å². The number of nitrogens with zero attached hydrogens (tertiary/aromatic N) is 1. The first-order valence-corrected chi connectivity index (χ1v) is 9.43. The molecule has 1 heterocycles. The number of ether oxygens (including phenoxy) is 2. The van der Waals surface area contributed by atoms with Crippen LogP contribution in [-0.4, -0.2) is 17.3 Å². The molecule has 0 bridgehead atoms. The van der Waals surface area contributed by atoms with Crippen molar-refractivity contribution in [3.8, 4) is 11.5 Å². The molecule has 3 rings (SSSR count). The standard InChI is InChI=1S/C20H17F3N2O3S/c1-13-25-16(12-29-13)11-27-18-4-2-3-15(9-18)19(26)24-10-14-5-7-17(8-6-14)28-20(21,22)23/h2-9,12H,10-11H2,1H3,(H,24,26). The van der Waals surface area contributed by atoms with Crippen molar-refractivity contribution in [1.29, 1.82) is 0 Å². The fourth-order valence-corrected chi connectivity index (χ4v) is 3.05. The van der Waals surface area contributed by atoms with E-state index in [4.69, 9.17) is 4.74 Å². The van der Waals surface area contributed by atoms with Crippen LogP contribution >= 0.6 is 11.3 Å². The summed E-state index contributed by atoms with van der Waals surface area (Å²) >= 11 is 1.54. The molecule has 152 valence electrons. The molecule has 0 aliphatic carbocycles. The summed E-state index contributed by atoms with van der Waals surface area (Å²) in [5.74, 6) is -0.0970. The number of aromatic nitrogens is 1. The highest BCUT2D eigenvalue weighted by molar-refractivity contribution is 7.09. The summed E-state index contributed by atoms with van der Waals surface area (Å²) in [6.45, 7) is 2.38. The Morgan fingerprint density at radius 2 is 1.90 bits per heavy atom. The second kappa shape index (κ2) is 8.95. The van der Waals surface area contributed by atoms with Gasteiger partial charge >= 0.3 is 6.36 Å². The monoisotopic (exact) mass is 422 g/mol. The molecule has 0 saturated heterocycles. The van der Waals surface area contributed by atoms with Crippen LogP contribution in [-0.2, 0) is 13.2 Å². The fourth-order valence-electron chi connectivity index (χ4n) is 2.45. The number of benzene rings is 2. The van der Waals surface area contributed by atoms with Crippen molar-refractivity contribution in [2.75, 3.05) is 0 Å². The number of hydrogen-bond donors (Lipinski definition) is 1. The average molecular weight is 422 g/mol. The second-order valence-electron chi connectivity index (χ2n) is 6.05. The van der Waals surface area contributed by atoms with Gasteiger partial charge in [-0.1, -0.05) is 18.2 Å². The number of thiazole rings is 1. The average Bonchev–Trinajstić information content (AvgIpc) is 3.10. The summed E-state index contributed by atoms with van der Waals surface area (Å²) < 4.78 is 46.0. The topological polar surface area (TPSA) is 60.5 Å². The van der Waals surface area contributed by atoms with Gasteiger partial charge in [0.05, 0.1) is 10.7 Å². The number of hydrogen-bond acceptors (Lipinski definition) is 5. The lowest BCUT2D eigenvalue weighted by atomic mass is 10.2. The van der Waals surface area contributed by atoms with E-state index < -0.39 is 6.36 Å². The van der Waals surface area contributed by atoms with Crippen LogP contribution in [0.25, 0.3) is 0 Å².